The minimum absolute atomic E-state index is 0.234. The Morgan fingerprint density at radius 2 is 2.17 bits per heavy atom. The SMILES string of the molecule is CN(CC1(O)CCCC1)c1ccc(N)c(C#N)n1. The summed E-state index contributed by atoms with van der Waals surface area (Å²) in [6.45, 7) is 0.536. The molecule has 0 amide bonds. The van der Waals surface area contributed by atoms with Crippen molar-refractivity contribution in [3.05, 3.63) is 17.8 Å². The summed E-state index contributed by atoms with van der Waals surface area (Å²) >= 11 is 0. The second-order valence-corrected chi connectivity index (χ2v) is 5.01. The maximum Gasteiger partial charge on any atom is 0.165 e. The summed E-state index contributed by atoms with van der Waals surface area (Å²) < 4.78 is 0. The molecule has 0 aromatic carbocycles. The predicted molar refractivity (Wildman–Crippen MR) is 70.1 cm³/mol. The second kappa shape index (κ2) is 4.83. The molecule has 5 heteroatoms. The van der Waals surface area contributed by atoms with E-state index < -0.39 is 5.60 Å². The van der Waals surface area contributed by atoms with E-state index in [4.69, 9.17) is 11.0 Å². The third-order valence-electron chi connectivity index (χ3n) is 3.47. The topological polar surface area (TPSA) is 86.2 Å². The zero-order chi connectivity index (χ0) is 13.2. The van der Waals surface area contributed by atoms with Gasteiger partial charge in [-0.05, 0) is 25.0 Å². The number of rotatable bonds is 3. The molecule has 0 spiro atoms. The highest BCUT2D eigenvalue weighted by atomic mass is 16.3. The Morgan fingerprint density at radius 1 is 1.50 bits per heavy atom. The van der Waals surface area contributed by atoms with Gasteiger partial charge in [0.2, 0.25) is 0 Å². The van der Waals surface area contributed by atoms with E-state index in [9.17, 15) is 5.11 Å². The highest BCUT2D eigenvalue weighted by Crippen LogP contribution is 2.31. The number of anilines is 2. The number of nitriles is 1. The fourth-order valence-corrected chi connectivity index (χ4v) is 2.48. The number of hydrogen-bond donors (Lipinski definition) is 2. The van der Waals surface area contributed by atoms with Crippen LogP contribution in [0.2, 0.25) is 0 Å². The molecule has 1 saturated carbocycles. The molecule has 0 atom stereocenters. The number of nitrogen functional groups attached to an aromatic ring is 1. The van der Waals surface area contributed by atoms with E-state index in [1.807, 2.05) is 18.0 Å². The van der Waals surface area contributed by atoms with Crippen molar-refractivity contribution in [1.82, 2.24) is 4.98 Å². The maximum atomic E-state index is 10.3. The molecule has 0 bridgehead atoms. The zero-order valence-corrected chi connectivity index (χ0v) is 10.6. The van der Waals surface area contributed by atoms with Crippen LogP contribution in [-0.2, 0) is 0 Å². The lowest BCUT2D eigenvalue weighted by atomic mass is 10.0. The van der Waals surface area contributed by atoms with Crippen molar-refractivity contribution >= 4 is 11.5 Å². The van der Waals surface area contributed by atoms with Gasteiger partial charge in [0.15, 0.2) is 5.69 Å². The molecular formula is C13H18N4O. The van der Waals surface area contributed by atoms with Crippen LogP contribution in [0.5, 0.6) is 0 Å². The molecular weight excluding hydrogens is 228 g/mol. The molecule has 1 aliphatic carbocycles. The van der Waals surface area contributed by atoms with E-state index in [1.54, 1.807) is 12.1 Å². The zero-order valence-electron chi connectivity index (χ0n) is 10.6. The highest BCUT2D eigenvalue weighted by molar-refractivity contribution is 5.55. The molecule has 3 N–H and O–H groups in total. The van der Waals surface area contributed by atoms with Crippen molar-refractivity contribution in [3.63, 3.8) is 0 Å². The van der Waals surface area contributed by atoms with E-state index in [0.717, 1.165) is 25.7 Å². The molecule has 1 heterocycles. The van der Waals surface area contributed by atoms with Crippen LogP contribution in [0, 0.1) is 11.3 Å². The Bertz CT molecular complexity index is 474. The number of aromatic nitrogens is 1. The third-order valence-corrected chi connectivity index (χ3v) is 3.47. The average molecular weight is 246 g/mol. The van der Waals surface area contributed by atoms with E-state index in [-0.39, 0.29) is 5.69 Å². The molecule has 1 aliphatic rings. The quantitative estimate of drug-likeness (QED) is 0.839. The smallest absolute Gasteiger partial charge is 0.165 e. The Labute approximate surface area is 107 Å². The highest BCUT2D eigenvalue weighted by Gasteiger charge is 2.32. The number of nitrogens with zero attached hydrogens (tertiary/aromatic N) is 3. The maximum absolute atomic E-state index is 10.3. The summed E-state index contributed by atoms with van der Waals surface area (Å²) in [5.41, 5.74) is 5.63. The second-order valence-electron chi connectivity index (χ2n) is 5.01. The lowest BCUT2D eigenvalue weighted by Gasteiger charge is -2.29. The monoisotopic (exact) mass is 246 g/mol. The largest absolute Gasteiger partial charge is 0.396 e. The first-order valence-corrected chi connectivity index (χ1v) is 6.14. The summed E-state index contributed by atoms with van der Waals surface area (Å²) in [5.74, 6) is 0.668. The standard InChI is InChI=1S/C13H18N4O/c1-17(9-13(18)6-2-3-7-13)12-5-4-10(15)11(8-14)16-12/h4-5,18H,2-3,6-7,9,15H2,1H3. The first kappa shape index (κ1) is 12.7. The first-order chi connectivity index (χ1) is 8.54. The Morgan fingerprint density at radius 3 is 2.78 bits per heavy atom. The van der Waals surface area contributed by atoms with Crippen LogP contribution in [0.3, 0.4) is 0 Å². The van der Waals surface area contributed by atoms with Crippen LogP contribution in [-0.4, -0.2) is 29.3 Å². The van der Waals surface area contributed by atoms with Gasteiger partial charge in [-0.15, -0.1) is 0 Å². The number of hydrogen-bond acceptors (Lipinski definition) is 5. The van der Waals surface area contributed by atoms with Gasteiger partial charge in [-0.1, -0.05) is 12.8 Å². The first-order valence-electron chi connectivity index (χ1n) is 6.14. The van der Waals surface area contributed by atoms with Crippen LogP contribution >= 0.6 is 0 Å². The fourth-order valence-electron chi connectivity index (χ4n) is 2.48. The van der Waals surface area contributed by atoms with Crippen LogP contribution in [0.15, 0.2) is 12.1 Å². The molecule has 1 aromatic heterocycles. The van der Waals surface area contributed by atoms with Crippen molar-refractivity contribution in [2.75, 3.05) is 24.2 Å². The third kappa shape index (κ3) is 2.54. The van der Waals surface area contributed by atoms with Gasteiger partial charge < -0.3 is 15.7 Å². The molecule has 2 rings (SSSR count). The Kier molecular flexibility index (Phi) is 3.39. The summed E-state index contributed by atoms with van der Waals surface area (Å²) in [5, 5.41) is 19.2. The summed E-state index contributed by atoms with van der Waals surface area (Å²) in [6, 6.07) is 5.42. The van der Waals surface area contributed by atoms with Gasteiger partial charge in [0.1, 0.15) is 11.9 Å². The summed E-state index contributed by atoms with van der Waals surface area (Å²) in [6.07, 6.45) is 3.81. The van der Waals surface area contributed by atoms with E-state index in [0.29, 0.717) is 18.1 Å². The van der Waals surface area contributed by atoms with E-state index in [1.165, 1.54) is 0 Å². The van der Waals surface area contributed by atoms with Gasteiger partial charge in [0, 0.05) is 13.6 Å². The van der Waals surface area contributed by atoms with Gasteiger partial charge in [-0.3, -0.25) is 0 Å². The Balaban J connectivity index is 2.14. The van der Waals surface area contributed by atoms with Crippen molar-refractivity contribution in [2.24, 2.45) is 0 Å². The normalized spacial score (nSPS) is 17.4. The molecule has 0 aliphatic heterocycles. The summed E-state index contributed by atoms with van der Waals surface area (Å²) in [4.78, 5) is 6.07. The van der Waals surface area contributed by atoms with Crippen molar-refractivity contribution in [3.8, 4) is 6.07 Å². The minimum Gasteiger partial charge on any atom is -0.396 e. The molecule has 18 heavy (non-hydrogen) atoms. The number of likely N-dealkylation sites (N-methyl/N-ethyl adjacent to an activating group) is 1. The van der Waals surface area contributed by atoms with Crippen molar-refractivity contribution in [2.45, 2.75) is 31.3 Å². The van der Waals surface area contributed by atoms with Crippen molar-refractivity contribution in [1.29, 1.82) is 5.26 Å². The molecule has 96 valence electrons. The van der Waals surface area contributed by atoms with Crippen LogP contribution in [0.25, 0.3) is 0 Å². The van der Waals surface area contributed by atoms with Crippen LogP contribution in [0.4, 0.5) is 11.5 Å². The van der Waals surface area contributed by atoms with Crippen LogP contribution in [0.1, 0.15) is 31.4 Å². The molecule has 1 aromatic rings. The number of nitrogens with two attached hydrogens (primary N) is 1. The average Bonchev–Trinajstić information content (AvgIpc) is 2.76. The molecule has 0 saturated heterocycles. The lowest BCUT2D eigenvalue weighted by Crippen LogP contribution is -2.39. The summed E-state index contributed by atoms with van der Waals surface area (Å²) in [7, 11) is 1.87. The molecule has 1 fully saturated rings. The number of pyridine rings is 1. The Hall–Kier alpha value is -1.80. The van der Waals surface area contributed by atoms with Crippen LogP contribution < -0.4 is 10.6 Å². The number of aliphatic hydroxyl groups is 1. The molecule has 0 radical (unpaired) electrons. The van der Waals surface area contributed by atoms with Gasteiger partial charge in [-0.2, -0.15) is 5.26 Å². The van der Waals surface area contributed by atoms with Gasteiger partial charge in [0.25, 0.3) is 0 Å². The van der Waals surface area contributed by atoms with Crippen molar-refractivity contribution < 1.29 is 5.11 Å². The fraction of sp³-hybridized carbons (Fsp3) is 0.538. The van der Waals surface area contributed by atoms with Gasteiger partial charge in [0.05, 0.1) is 11.3 Å². The predicted octanol–water partition coefficient (Wildman–Crippen LogP) is 1.28. The van der Waals surface area contributed by atoms with E-state index in [2.05, 4.69) is 4.98 Å². The lowest BCUT2D eigenvalue weighted by molar-refractivity contribution is 0.0558. The molecule has 0 unspecified atom stereocenters. The molecule has 5 nitrogen and oxygen atoms in total. The van der Waals surface area contributed by atoms with Gasteiger partial charge >= 0.3 is 0 Å². The van der Waals surface area contributed by atoms with Gasteiger partial charge in [-0.25, -0.2) is 4.98 Å². The minimum atomic E-state index is -0.620. The van der Waals surface area contributed by atoms with E-state index >= 15 is 0 Å².